The molecule has 1 heterocycles. The third-order valence-electron chi connectivity index (χ3n) is 5.49. The van der Waals surface area contributed by atoms with Crippen molar-refractivity contribution in [3.05, 3.63) is 29.3 Å². The van der Waals surface area contributed by atoms with Crippen molar-refractivity contribution in [3.8, 4) is 5.75 Å². The summed E-state index contributed by atoms with van der Waals surface area (Å²) in [6.45, 7) is 1.28. The van der Waals surface area contributed by atoms with Gasteiger partial charge in [0.1, 0.15) is 5.75 Å². The summed E-state index contributed by atoms with van der Waals surface area (Å²) in [5.74, 6) is 1.13. The first kappa shape index (κ1) is 15.5. The number of carbonyl (C=O) groups excluding carboxylic acids is 2. The molecule has 0 spiro atoms. The topological polar surface area (TPSA) is 58.6 Å². The third kappa shape index (κ3) is 3.12. The Morgan fingerprint density at radius 2 is 1.92 bits per heavy atom. The van der Waals surface area contributed by atoms with Gasteiger partial charge in [0.2, 0.25) is 5.91 Å². The maximum Gasteiger partial charge on any atom is 0.260 e. The van der Waals surface area contributed by atoms with Gasteiger partial charge in [-0.05, 0) is 55.4 Å². The minimum atomic E-state index is -0.00959. The first-order valence-electron chi connectivity index (χ1n) is 9.02. The number of rotatable bonds is 5. The largest absolute Gasteiger partial charge is 0.484 e. The molecule has 1 saturated carbocycles. The minimum Gasteiger partial charge on any atom is -0.484 e. The molecule has 1 aliphatic heterocycles. The predicted molar refractivity (Wildman–Crippen MR) is 89.8 cm³/mol. The molecule has 0 bridgehead atoms. The monoisotopic (exact) mass is 328 g/mol. The minimum absolute atomic E-state index is 0.00959. The van der Waals surface area contributed by atoms with E-state index in [1.165, 1.54) is 17.5 Å². The molecule has 2 aliphatic carbocycles. The molecule has 2 amide bonds. The summed E-state index contributed by atoms with van der Waals surface area (Å²) in [6.07, 6.45) is 6.64. The molecule has 1 saturated heterocycles. The molecule has 128 valence electrons. The van der Waals surface area contributed by atoms with Gasteiger partial charge in [-0.1, -0.05) is 12.5 Å². The lowest BCUT2D eigenvalue weighted by Gasteiger charge is -2.40. The van der Waals surface area contributed by atoms with Crippen LogP contribution in [-0.2, 0) is 22.4 Å². The highest BCUT2D eigenvalue weighted by Gasteiger charge is 2.34. The molecule has 0 radical (unpaired) electrons. The Labute approximate surface area is 142 Å². The van der Waals surface area contributed by atoms with Crippen LogP contribution < -0.4 is 10.1 Å². The molecule has 0 aromatic heterocycles. The Morgan fingerprint density at radius 1 is 1.12 bits per heavy atom. The highest BCUT2D eigenvalue weighted by Crippen LogP contribution is 2.27. The molecule has 1 aromatic rings. The van der Waals surface area contributed by atoms with Gasteiger partial charge in [0.05, 0.1) is 6.04 Å². The fraction of sp³-hybridized carbons (Fsp3) is 0.579. The number of benzene rings is 1. The maximum absolute atomic E-state index is 12.2. The van der Waals surface area contributed by atoms with E-state index in [2.05, 4.69) is 17.4 Å². The van der Waals surface area contributed by atoms with Crippen molar-refractivity contribution in [3.63, 3.8) is 0 Å². The quantitative estimate of drug-likeness (QED) is 0.895. The van der Waals surface area contributed by atoms with Crippen LogP contribution in [0.5, 0.6) is 5.75 Å². The zero-order chi connectivity index (χ0) is 16.5. The molecule has 5 heteroatoms. The lowest BCUT2D eigenvalue weighted by molar-refractivity contribution is -0.141. The summed E-state index contributed by atoms with van der Waals surface area (Å²) >= 11 is 0. The number of amides is 2. The van der Waals surface area contributed by atoms with Crippen molar-refractivity contribution in [2.24, 2.45) is 5.92 Å². The molecule has 4 rings (SSSR count). The van der Waals surface area contributed by atoms with E-state index in [1.807, 2.05) is 6.07 Å². The van der Waals surface area contributed by atoms with Crippen molar-refractivity contribution in [2.75, 3.05) is 19.7 Å². The number of hydrogen-bond donors (Lipinski definition) is 1. The predicted octanol–water partition coefficient (Wildman–Crippen LogP) is 1.68. The lowest BCUT2D eigenvalue weighted by Crippen LogP contribution is -2.62. The van der Waals surface area contributed by atoms with Gasteiger partial charge in [-0.15, -0.1) is 0 Å². The van der Waals surface area contributed by atoms with E-state index in [9.17, 15) is 9.59 Å². The van der Waals surface area contributed by atoms with Gasteiger partial charge >= 0.3 is 0 Å². The normalized spacial score (nSPS) is 20.1. The molecule has 1 N–H and O–H groups in total. The number of fused-ring (bicyclic) bond motifs is 1. The van der Waals surface area contributed by atoms with Crippen molar-refractivity contribution >= 4 is 11.8 Å². The Hall–Kier alpha value is -2.04. The van der Waals surface area contributed by atoms with E-state index >= 15 is 0 Å². The number of aryl methyl sites for hydroxylation is 2. The summed E-state index contributed by atoms with van der Waals surface area (Å²) in [4.78, 5) is 25.8. The first-order chi connectivity index (χ1) is 11.7. The Bertz CT molecular complexity index is 648. The Kier molecular flexibility index (Phi) is 4.17. The summed E-state index contributed by atoms with van der Waals surface area (Å²) in [6, 6.07) is 6.24. The molecule has 3 aliphatic rings. The van der Waals surface area contributed by atoms with Crippen LogP contribution in [0.4, 0.5) is 0 Å². The zero-order valence-corrected chi connectivity index (χ0v) is 13.9. The van der Waals surface area contributed by atoms with Gasteiger partial charge in [0, 0.05) is 19.0 Å². The molecular weight excluding hydrogens is 304 g/mol. The number of hydrogen-bond acceptors (Lipinski definition) is 3. The van der Waals surface area contributed by atoms with Crippen LogP contribution in [0.15, 0.2) is 18.2 Å². The van der Waals surface area contributed by atoms with Crippen LogP contribution in [0.2, 0.25) is 0 Å². The third-order valence-corrected chi connectivity index (χ3v) is 5.49. The molecular formula is C19H24N2O3. The van der Waals surface area contributed by atoms with Crippen LogP contribution in [0, 0.1) is 5.92 Å². The van der Waals surface area contributed by atoms with E-state index in [0.29, 0.717) is 13.1 Å². The van der Waals surface area contributed by atoms with E-state index in [0.717, 1.165) is 37.9 Å². The molecule has 2 fully saturated rings. The van der Waals surface area contributed by atoms with Gasteiger partial charge < -0.3 is 15.0 Å². The van der Waals surface area contributed by atoms with Gasteiger partial charge in [-0.2, -0.15) is 0 Å². The van der Waals surface area contributed by atoms with E-state index in [-0.39, 0.29) is 30.4 Å². The van der Waals surface area contributed by atoms with E-state index in [4.69, 9.17) is 4.74 Å². The smallest absolute Gasteiger partial charge is 0.260 e. The number of carbonyl (C=O) groups is 2. The van der Waals surface area contributed by atoms with Gasteiger partial charge in [0.25, 0.3) is 5.91 Å². The Balaban J connectivity index is 1.20. The molecule has 24 heavy (non-hydrogen) atoms. The lowest BCUT2D eigenvalue weighted by atomic mass is 9.84. The number of nitrogens with zero attached hydrogens (tertiary/aromatic N) is 1. The summed E-state index contributed by atoms with van der Waals surface area (Å²) in [5, 5.41) is 3.03. The van der Waals surface area contributed by atoms with Crippen molar-refractivity contribution in [2.45, 2.75) is 44.6 Å². The van der Waals surface area contributed by atoms with Gasteiger partial charge in [-0.3, -0.25) is 9.59 Å². The average Bonchev–Trinajstić information content (AvgIpc) is 2.93. The second kappa shape index (κ2) is 6.46. The molecule has 0 unspecified atom stereocenters. The second-order valence-electron chi connectivity index (χ2n) is 7.20. The summed E-state index contributed by atoms with van der Waals surface area (Å²) in [5.41, 5.74) is 2.75. The fourth-order valence-corrected chi connectivity index (χ4v) is 3.64. The van der Waals surface area contributed by atoms with Crippen molar-refractivity contribution in [1.29, 1.82) is 0 Å². The number of nitrogens with one attached hydrogen (secondary N) is 1. The first-order valence-corrected chi connectivity index (χ1v) is 9.02. The van der Waals surface area contributed by atoms with Gasteiger partial charge in [0.15, 0.2) is 6.61 Å². The average molecular weight is 328 g/mol. The fourth-order valence-electron chi connectivity index (χ4n) is 3.64. The second-order valence-corrected chi connectivity index (χ2v) is 7.20. The van der Waals surface area contributed by atoms with Crippen LogP contribution in [-0.4, -0.2) is 42.5 Å². The summed E-state index contributed by atoms with van der Waals surface area (Å²) < 4.78 is 5.65. The van der Waals surface area contributed by atoms with Crippen molar-refractivity contribution < 1.29 is 14.3 Å². The summed E-state index contributed by atoms with van der Waals surface area (Å²) in [7, 11) is 0. The maximum atomic E-state index is 12.2. The van der Waals surface area contributed by atoms with E-state index < -0.39 is 0 Å². The highest BCUT2D eigenvalue weighted by molar-refractivity contribution is 5.81. The molecule has 0 atom stereocenters. The molecule has 5 nitrogen and oxygen atoms in total. The molecule has 1 aromatic carbocycles. The SMILES string of the molecule is O=C(NC1CN(C(=O)COc2ccc3c(c2)CCC3)C1)C1CCC1. The van der Waals surface area contributed by atoms with Crippen LogP contribution in [0.3, 0.4) is 0 Å². The zero-order valence-electron chi connectivity index (χ0n) is 13.9. The van der Waals surface area contributed by atoms with Crippen molar-refractivity contribution in [1.82, 2.24) is 10.2 Å². The van der Waals surface area contributed by atoms with Crippen LogP contribution in [0.1, 0.15) is 36.8 Å². The van der Waals surface area contributed by atoms with Crippen LogP contribution in [0.25, 0.3) is 0 Å². The number of ether oxygens (including phenoxy) is 1. The van der Waals surface area contributed by atoms with Gasteiger partial charge in [-0.25, -0.2) is 0 Å². The standard InChI is InChI=1S/C19H24N2O3/c22-18(12-24-17-8-7-13-3-1-6-15(13)9-17)21-10-16(11-21)20-19(23)14-4-2-5-14/h7-9,14,16H,1-6,10-12H2,(H,20,23). The van der Waals surface area contributed by atoms with E-state index in [1.54, 1.807) is 4.90 Å². The highest BCUT2D eigenvalue weighted by atomic mass is 16.5. The van der Waals surface area contributed by atoms with Crippen LogP contribution >= 0.6 is 0 Å². The number of likely N-dealkylation sites (tertiary alicyclic amines) is 1. The Morgan fingerprint density at radius 3 is 2.67 bits per heavy atom.